The topological polar surface area (TPSA) is 67.3 Å². The summed E-state index contributed by atoms with van der Waals surface area (Å²) in [4.78, 5) is 34.5. The molecule has 8 rings (SSSR count). The maximum atomic E-state index is 13.2. The molecular formula is C39H46N4O3. The predicted octanol–water partition coefficient (Wildman–Crippen LogP) is 7.32. The summed E-state index contributed by atoms with van der Waals surface area (Å²) in [5.74, 6) is 0.399. The average molecular weight is 619 g/mol. The Morgan fingerprint density at radius 2 is 1.00 bits per heavy atom. The third kappa shape index (κ3) is 5.17. The van der Waals surface area contributed by atoms with Crippen LogP contribution in [0.25, 0.3) is 0 Å². The van der Waals surface area contributed by atoms with Crippen LogP contribution in [0.2, 0.25) is 0 Å². The van der Waals surface area contributed by atoms with Crippen LogP contribution in [-0.2, 0) is 12.8 Å². The monoisotopic (exact) mass is 618 g/mol. The van der Waals surface area contributed by atoms with Gasteiger partial charge in [-0.1, -0.05) is 51.3 Å². The van der Waals surface area contributed by atoms with E-state index >= 15 is 0 Å². The molecule has 4 aromatic carbocycles. The van der Waals surface area contributed by atoms with Crippen LogP contribution in [0.5, 0.6) is 5.75 Å². The normalized spacial score (nSPS) is 18.7. The number of nitrogens with zero attached hydrogens (tertiary/aromatic N) is 4. The average Bonchev–Trinajstić information content (AvgIpc) is 3.50. The van der Waals surface area contributed by atoms with Crippen molar-refractivity contribution in [1.29, 1.82) is 0 Å². The van der Waals surface area contributed by atoms with Gasteiger partial charge in [0.1, 0.15) is 5.75 Å². The zero-order chi connectivity index (χ0) is 30.9. The molecule has 2 amide bonds. The zero-order valence-electron chi connectivity index (χ0n) is 26.0. The minimum atomic E-state index is 0. The Labute approximate surface area is 273 Å². The van der Waals surface area contributed by atoms with E-state index in [1.165, 1.54) is 22.3 Å². The minimum absolute atomic E-state index is 0. The van der Waals surface area contributed by atoms with Gasteiger partial charge in [0.05, 0.1) is 28.9 Å². The highest BCUT2D eigenvalue weighted by molar-refractivity contribution is 6.13. The molecule has 4 aliphatic rings. The highest BCUT2D eigenvalue weighted by Gasteiger charge is 2.40. The molecule has 7 heteroatoms. The second-order valence-corrected chi connectivity index (χ2v) is 12.7. The van der Waals surface area contributed by atoms with Gasteiger partial charge >= 0.3 is 0 Å². The van der Waals surface area contributed by atoms with E-state index in [9.17, 15) is 14.7 Å². The molecule has 0 spiro atoms. The van der Waals surface area contributed by atoms with Crippen molar-refractivity contribution in [1.82, 2.24) is 0 Å². The maximum Gasteiger partial charge on any atom is 0.260 e. The molecule has 0 saturated heterocycles. The summed E-state index contributed by atoms with van der Waals surface area (Å²) in [7, 11) is 4.07. The Morgan fingerprint density at radius 3 is 1.50 bits per heavy atom. The summed E-state index contributed by atoms with van der Waals surface area (Å²) < 4.78 is 0. The lowest BCUT2D eigenvalue weighted by Crippen LogP contribution is -2.41. The van der Waals surface area contributed by atoms with E-state index in [-0.39, 0.29) is 44.5 Å². The fourth-order valence-corrected chi connectivity index (χ4v) is 7.31. The number of amides is 2. The fourth-order valence-electron chi connectivity index (χ4n) is 7.31. The highest BCUT2D eigenvalue weighted by Crippen LogP contribution is 2.40. The Hall–Kier alpha value is -4.78. The van der Waals surface area contributed by atoms with Gasteiger partial charge in [-0.3, -0.25) is 9.59 Å². The number of benzene rings is 4. The van der Waals surface area contributed by atoms with E-state index in [1.54, 1.807) is 12.1 Å². The van der Waals surface area contributed by atoms with Gasteiger partial charge < -0.3 is 24.7 Å². The van der Waals surface area contributed by atoms with E-state index in [0.29, 0.717) is 5.56 Å². The molecule has 4 heterocycles. The summed E-state index contributed by atoms with van der Waals surface area (Å²) in [6.07, 6.45) is 1.82. The van der Waals surface area contributed by atoms with Gasteiger partial charge in [-0.25, -0.2) is 0 Å². The molecule has 0 unspecified atom stereocenters. The van der Waals surface area contributed by atoms with Crippen molar-refractivity contribution in [2.45, 2.75) is 60.5 Å². The van der Waals surface area contributed by atoms with E-state index in [2.05, 4.69) is 61.0 Å². The Morgan fingerprint density at radius 1 is 0.587 bits per heavy atom. The first-order chi connectivity index (χ1) is 21.1. The molecule has 240 valence electrons. The van der Waals surface area contributed by atoms with Gasteiger partial charge in [0, 0.05) is 50.3 Å². The van der Waals surface area contributed by atoms with Gasteiger partial charge in [-0.05, 0) is 91.8 Å². The number of phenolic OH excluding ortho intramolecular Hbond substituents is 1. The van der Waals surface area contributed by atoms with Crippen LogP contribution in [0, 0.1) is 20.8 Å². The van der Waals surface area contributed by atoms with Gasteiger partial charge in [-0.15, -0.1) is 0 Å². The van der Waals surface area contributed by atoms with Crippen LogP contribution >= 0.6 is 0 Å². The standard InChI is InChI=1S/C19H20N2O.C18H18N2O2.2CH4/c1-12-8-16-18(9-13(12)2)20(3)11-15-10-14-6-4-5-7-17(14)21(15)19(16)22;1-11-7-14-16(9-17(11)21)19(2)10-13-8-12-5-3-4-6-15(12)20(13)18(14)22;;/h4-9,15H,10-11H2,1-3H3;3-7,9,13,21H,8,10H2,1-2H3;2*1H4/t15-;13-;;/m00../s1. The molecule has 0 fully saturated rings. The van der Waals surface area contributed by atoms with Crippen LogP contribution in [0.1, 0.15) is 63.4 Å². The Bertz CT molecular complexity index is 1700. The van der Waals surface area contributed by atoms with Crippen LogP contribution in [-0.4, -0.2) is 56.2 Å². The number of rotatable bonds is 0. The number of likely N-dealkylation sites (N-methyl/N-ethyl adjacent to an activating group) is 2. The highest BCUT2D eigenvalue weighted by atomic mass is 16.3. The van der Waals surface area contributed by atoms with Crippen molar-refractivity contribution in [3.8, 4) is 5.75 Å². The third-order valence-corrected chi connectivity index (χ3v) is 9.76. The molecule has 46 heavy (non-hydrogen) atoms. The quantitative estimate of drug-likeness (QED) is 0.224. The van der Waals surface area contributed by atoms with Crippen molar-refractivity contribution in [2.75, 3.05) is 46.8 Å². The first-order valence-corrected chi connectivity index (χ1v) is 15.3. The second kappa shape index (κ2) is 12.2. The molecular weight excluding hydrogens is 572 g/mol. The van der Waals surface area contributed by atoms with Crippen molar-refractivity contribution >= 4 is 34.6 Å². The molecule has 0 bridgehead atoms. The molecule has 0 radical (unpaired) electrons. The number of hydrogen-bond donors (Lipinski definition) is 1. The van der Waals surface area contributed by atoms with E-state index in [4.69, 9.17) is 0 Å². The summed E-state index contributed by atoms with van der Waals surface area (Å²) in [6, 6.07) is 24.5. The van der Waals surface area contributed by atoms with Gasteiger partial charge in [0.25, 0.3) is 11.8 Å². The SMILES string of the molecule is C.C.Cc1cc2c(cc1C)N(C)C[C@@H]1Cc3ccccc3N1C2=O.Cc1cc2c(cc1O)N(C)C[C@@H]1Cc3ccccc3N1C2=O. The summed E-state index contributed by atoms with van der Waals surface area (Å²) >= 11 is 0. The van der Waals surface area contributed by atoms with Crippen LogP contribution in [0.3, 0.4) is 0 Å². The maximum absolute atomic E-state index is 13.2. The zero-order valence-corrected chi connectivity index (χ0v) is 26.0. The van der Waals surface area contributed by atoms with E-state index < -0.39 is 0 Å². The molecule has 7 nitrogen and oxygen atoms in total. The molecule has 4 aromatic rings. The lowest BCUT2D eigenvalue weighted by atomic mass is 10.0. The number of fused-ring (bicyclic) bond motifs is 8. The molecule has 0 aliphatic carbocycles. The number of aryl methyl sites for hydroxylation is 3. The van der Waals surface area contributed by atoms with Crippen molar-refractivity contribution < 1.29 is 14.7 Å². The lowest BCUT2D eigenvalue weighted by Gasteiger charge is -2.25. The number of carbonyl (C=O) groups is 2. The number of carbonyl (C=O) groups excluding carboxylic acids is 2. The number of para-hydroxylation sites is 2. The van der Waals surface area contributed by atoms with E-state index in [0.717, 1.165) is 59.8 Å². The summed E-state index contributed by atoms with van der Waals surface area (Å²) in [6.45, 7) is 7.63. The first-order valence-electron chi connectivity index (χ1n) is 15.3. The third-order valence-electron chi connectivity index (χ3n) is 9.76. The van der Waals surface area contributed by atoms with Crippen LogP contribution in [0.4, 0.5) is 22.7 Å². The van der Waals surface area contributed by atoms with Crippen LogP contribution in [0.15, 0.2) is 72.8 Å². The van der Waals surface area contributed by atoms with Crippen molar-refractivity contribution in [3.05, 3.63) is 112 Å². The predicted molar refractivity (Wildman–Crippen MR) is 190 cm³/mol. The molecule has 4 aliphatic heterocycles. The fraction of sp³-hybridized carbons (Fsp3) is 0.333. The Kier molecular flexibility index (Phi) is 8.65. The van der Waals surface area contributed by atoms with Crippen molar-refractivity contribution in [2.24, 2.45) is 0 Å². The summed E-state index contributed by atoms with van der Waals surface area (Å²) in [5.41, 5.74) is 11.1. The summed E-state index contributed by atoms with van der Waals surface area (Å²) in [5, 5.41) is 9.98. The number of aromatic hydroxyl groups is 1. The number of anilines is 4. The number of hydrogen-bond acceptors (Lipinski definition) is 5. The van der Waals surface area contributed by atoms with Crippen molar-refractivity contribution in [3.63, 3.8) is 0 Å². The smallest absolute Gasteiger partial charge is 0.260 e. The second-order valence-electron chi connectivity index (χ2n) is 12.7. The molecule has 1 N–H and O–H groups in total. The van der Waals surface area contributed by atoms with Gasteiger partial charge in [0.2, 0.25) is 0 Å². The first kappa shape index (κ1) is 32.6. The molecule has 0 saturated carbocycles. The van der Waals surface area contributed by atoms with Crippen LogP contribution < -0.4 is 19.6 Å². The minimum Gasteiger partial charge on any atom is -0.508 e. The lowest BCUT2D eigenvalue weighted by molar-refractivity contribution is 0.0975. The number of phenols is 1. The Balaban J connectivity index is 0.000000174. The molecule has 2 atom stereocenters. The van der Waals surface area contributed by atoms with Gasteiger partial charge in [-0.2, -0.15) is 0 Å². The van der Waals surface area contributed by atoms with E-state index in [1.807, 2.05) is 54.1 Å². The molecule has 0 aromatic heterocycles. The largest absolute Gasteiger partial charge is 0.508 e. The van der Waals surface area contributed by atoms with Gasteiger partial charge in [0.15, 0.2) is 0 Å².